The van der Waals surface area contributed by atoms with E-state index in [2.05, 4.69) is 30.1 Å². The van der Waals surface area contributed by atoms with Crippen LogP contribution in [0.3, 0.4) is 0 Å². The molecule has 0 aliphatic carbocycles. The van der Waals surface area contributed by atoms with Gasteiger partial charge in [0.1, 0.15) is 6.61 Å². The van der Waals surface area contributed by atoms with E-state index in [4.69, 9.17) is 4.74 Å². The molecule has 1 atom stereocenters. The summed E-state index contributed by atoms with van der Waals surface area (Å²) >= 11 is 0. The van der Waals surface area contributed by atoms with Gasteiger partial charge in [0.25, 0.3) is 0 Å². The molecule has 0 fully saturated rings. The van der Waals surface area contributed by atoms with Gasteiger partial charge in [-0.2, -0.15) is 0 Å². The van der Waals surface area contributed by atoms with Gasteiger partial charge >= 0.3 is 11.9 Å². The standard InChI is InChI=1S/C13H21NO4/c1-5-7-8-14-11(4)18-13(16)10(3)9-17-12(15)6-2/h6,11,14H,2-3,5,7-9H2,1,4H3. The highest BCUT2D eigenvalue weighted by molar-refractivity contribution is 5.89. The van der Waals surface area contributed by atoms with Gasteiger partial charge in [0.2, 0.25) is 0 Å². The van der Waals surface area contributed by atoms with Crippen LogP contribution in [0.2, 0.25) is 0 Å². The second-order valence-electron chi connectivity index (χ2n) is 3.77. The maximum atomic E-state index is 11.5. The molecule has 0 saturated carbocycles. The molecule has 0 amide bonds. The van der Waals surface area contributed by atoms with Crippen molar-refractivity contribution in [3.05, 3.63) is 24.8 Å². The molecule has 0 saturated heterocycles. The third-order valence-electron chi connectivity index (χ3n) is 2.09. The van der Waals surface area contributed by atoms with Crippen molar-refractivity contribution in [2.75, 3.05) is 13.2 Å². The van der Waals surface area contributed by atoms with E-state index in [-0.39, 0.29) is 12.2 Å². The number of unbranched alkanes of at least 4 members (excludes halogenated alkanes) is 1. The predicted molar refractivity (Wildman–Crippen MR) is 68.8 cm³/mol. The van der Waals surface area contributed by atoms with Gasteiger partial charge in [0, 0.05) is 6.08 Å². The van der Waals surface area contributed by atoms with Crippen LogP contribution < -0.4 is 5.32 Å². The van der Waals surface area contributed by atoms with E-state index in [0.29, 0.717) is 0 Å². The Morgan fingerprint density at radius 1 is 1.44 bits per heavy atom. The number of nitrogens with one attached hydrogen (secondary N) is 1. The van der Waals surface area contributed by atoms with Crippen molar-refractivity contribution in [1.29, 1.82) is 0 Å². The van der Waals surface area contributed by atoms with Crippen LogP contribution in [0, 0.1) is 0 Å². The van der Waals surface area contributed by atoms with Crippen molar-refractivity contribution < 1.29 is 19.1 Å². The van der Waals surface area contributed by atoms with Gasteiger partial charge in [-0.25, -0.2) is 9.59 Å². The summed E-state index contributed by atoms with van der Waals surface area (Å²) in [6.07, 6.45) is 2.71. The van der Waals surface area contributed by atoms with E-state index in [0.717, 1.165) is 25.5 Å². The highest BCUT2D eigenvalue weighted by Crippen LogP contribution is 1.99. The molecule has 5 heteroatoms. The van der Waals surface area contributed by atoms with E-state index in [1.54, 1.807) is 6.92 Å². The van der Waals surface area contributed by atoms with Crippen LogP contribution >= 0.6 is 0 Å². The van der Waals surface area contributed by atoms with Gasteiger partial charge in [0.05, 0.1) is 5.57 Å². The molecular formula is C13H21NO4. The average Bonchev–Trinajstić information content (AvgIpc) is 2.35. The summed E-state index contributed by atoms with van der Waals surface area (Å²) in [7, 11) is 0. The SMILES string of the molecule is C=CC(=O)OCC(=C)C(=O)OC(C)NCCCC. The first-order valence-corrected chi connectivity index (χ1v) is 5.92. The van der Waals surface area contributed by atoms with E-state index in [9.17, 15) is 9.59 Å². The van der Waals surface area contributed by atoms with Crippen LogP contribution in [0.25, 0.3) is 0 Å². The zero-order chi connectivity index (χ0) is 14.0. The van der Waals surface area contributed by atoms with Gasteiger partial charge < -0.3 is 9.47 Å². The molecule has 102 valence electrons. The Morgan fingerprint density at radius 2 is 2.11 bits per heavy atom. The fourth-order valence-corrected chi connectivity index (χ4v) is 1.04. The lowest BCUT2D eigenvalue weighted by Gasteiger charge is -2.15. The van der Waals surface area contributed by atoms with Crippen molar-refractivity contribution in [2.45, 2.75) is 32.9 Å². The Morgan fingerprint density at radius 3 is 2.67 bits per heavy atom. The summed E-state index contributed by atoms with van der Waals surface area (Å²) < 4.78 is 9.73. The minimum Gasteiger partial charge on any atom is -0.457 e. The molecule has 0 aromatic heterocycles. The van der Waals surface area contributed by atoms with Crippen molar-refractivity contribution in [3.8, 4) is 0 Å². The molecule has 0 aliphatic rings. The lowest BCUT2D eigenvalue weighted by atomic mass is 10.3. The Hall–Kier alpha value is -1.62. The molecule has 0 bridgehead atoms. The summed E-state index contributed by atoms with van der Waals surface area (Å²) in [6.45, 7) is 11.1. The molecule has 0 aromatic rings. The molecule has 0 heterocycles. The zero-order valence-corrected chi connectivity index (χ0v) is 11.0. The quantitative estimate of drug-likeness (QED) is 0.293. The number of carbonyl (C=O) groups excluding carboxylic acids is 2. The molecule has 1 N–H and O–H groups in total. The summed E-state index contributed by atoms with van der Waals surface area (Å²) in [5.74, 6) is -1.18. The van der Waals surface area contributed by atoms with Gasteiger partial charge in [-0.05, 0) is 19.9 Å². The fourth-order valence-electron chi connectivity index (χ4n) is 1.04. The van der Waals surface area contributed by atoms with Gasteiger partial charge in [-0.3, -0.25) is 5.32 Å². The van der Waals surface area contributed by atoms with Crippen LogP contribution in [0.5, 0.6) is 0 Å². The molecule has 5 nitrogen and oxygen atoms in total. The first-order chi connectivity index (χ1) is 8.51. The zero-order valence-electron chi connectivity index (χ0n) is 11.0. The summed E-state index contributed by atoms with van der Waals surface area (Å²) in [4.78, 5) is 22.3. The third kappa shape index (κ3) is 7.62. The smallest absolute Gasteiger partial charge is 0.338 e. The number of carbonyl (C=O) groups is 2. The molecule has 0 aliphatic heterocycles. The predicted octanol–water partition coefficient (Wildman–Crippen LogP) is 1.55. The van der Waals surface area contributed by atoms with E-state index >= 15 is 0 Å². The van der Waals surface area contributed by atoms with Crippen LogP contribution in [-0.2, 0) is 19.1 Å². The maximum absolute atomic E-state index is 11.5. The van der Waals surface area contributed by atoms with E-state index in [1.807, 2.05) is 0 Å². The second-order valence-corrected chi connectivity index (χ2v) is 3.77. The Kier molecular flexibility index (Phi) is 8.57. The van der Waals surface area contributed by atoms with Crippen LogP contribution in [-0.4, -0.2) is 31.3 Å². The minimum atomic E-state index is -0.599. The van der Waals surface area contributed by atoms with Crippen molar-refractivity contribution in [1.82, 2.24) is 5.32 Å². The Bertz CT molecular complexity index is 312. The Labute approximate surface area is 108 Å². The van der Waals surface area contributed by atoms with E-state index in [1.165, 1.54) is 0 Å². The number of esters is 2. The van der Waals surface area contributed by atoms with Crippen molar-refractivity contribution in [3.63, 3.8) is 0 Å². The molecule has 0 spiro atoms. The lowest BCUT2D eigenvalue weighted by Crippen LogP contribution is -2.32. The lowest BCUT2D eigenvalue weighted by molar-refractivity contribution is -0.146. The van der Waals surface area contributed by atoms with Crippen LogP contribution in [0.15, 0.2) is 24.8 Å². The number of hydrogen-bond donors (Lipinski definition) is 1. The van der Waals surface area contributed by atoms with Crippen LogP contribution in [0.4, 0.5) is 0 Å². The molecular weight excluding hydrogens is 234 g/mol. The molecule has 0 aromatic carbocycles. The normalized spacial score (nSPS) is 11.4. The van der Waals surface area contributed by atoms with Crippen molar-refractivity contribution >= 4 is 11.9 Å². The van der Waals surface area contributed by atoms with Gasteiger partial charge in [0.15, 0.2) is 6.23 Å². The minimum absolute atomic E-state index is 0.0920. The first kappa shape index (κ1) is 16.4. The third-order valence-corrected chi connectivity index (χ3v) is 2.09. The average molecular weight is 255 g/mol. The largest absolute Gasteiger partial charge is 0.457 e. The molecule has 0 rings (SSSR count). The fraction of sp³-hybridized carbons (Fsp3) is 0.538. The molecule has 18 heavy (non-hydrogen) atoms. The molecule has 0 radical (unpaired) electrons. The first-order valence-electron chi connectivity index (χ1n) is 5.92. The summed E-state index contributed by atoms with van der Waals surface area (Å²) in [5, 5.41) is 3.04. The highest BCUT2D eigenvalue weighted by Gasteiger charge is 2.13. The number of hydrogen-bond acceptors (Lipinski definition) is 5. The second kappa shape index (κ2) is 9.41. The van der Waals surface area contributed by atoms with Gasteiger partial charge in [-0.1, -0.05) is 26.5 Å². The topological polar surface area (TPSA) is 64.6 Å². The number of ether oxygens (including phenoxy) is 2. The van der Waals surface area contributed by atoms with Crippen molar-refractivity contribution in [2.24, 2.45) is 0 Å². The maximum Gasteiger partial charge on any atom is 0.338 e. The monoisotopic (exact) mass is 255 g/mol. The van der Waals surface area contributed by atoms with E-state index < -0.39 is 18.2 Å². The number of rotatable bonds is 9. The summed E-state index contributed by atoms with van der Waals surface area (Å²) in [6, 6.07) is 0. The Balaban J connectivity index is 3.89. The molecule has 1 unspecified atom stereocenters. The van der Waals surface area contributed by atoms with Gasteiger partial charge in [-0.15, -0.1) is 0 Å². The van der Waals surface area contributed by atoms with Crippen LogP contribution in [0.1, 0.15) is 26.7 Å². The summed E-state index contributed by atoms with van der Waals surface area (Å²) in [5.41, 5.74) is 0.0920. The highest BCUT2D eigenvalue weighted by atomic mass is 16.6.